The van der Waals surface area contributed by atoms with Crippen molar-refractivity contribution in [2.24, 2.45) is 16.6 Å². The Morgan fingerprint density at radius 1 is 1.12 bits per heavy atom. The van der Waals surface area contributed by atoms with Crippen LogP contribution in [0.3, 0.4) is 0 Å². The molecule has 0 amide bonds. The fraction of sp³-hybridized carbons (Fsp3) is 1.00. The summed E-state index contributed by atoms with van der Waals surface area (Å²) in [5.41, 5.74) is 6.59. The van der Waals surface area contributed by atoms with E-state index in [1.54, 1.807) is 0 Å². The van der Waals surface area contributed by atoms with Gasteiger partial charge in [-0.25, -0.2) is 0 Å². The lowest BCUT2D eigenvalue weighted by atomic mass is 9.80. The summed E-state index contributed by atoms with van der Waals surface area (Å²) in [6.07, 6.45) is 2.34. The average Bonchev–Trinajstić information content (AvgIpc) is 2.23. The third kappa shape index (κ3) is 4.06. The molecule has 0 radical (unpaired) electrons. The number of nitrogens with zero attached hydrogens (tertiary/aromatic N) is 1. The van der Waals surface area contributed by atoms with Crippen LogP contribution in [0.4, 0.5) is 0 Å². The van der Waals surface area contributed by atoms with E-state index in [0.29, 0.717) is 16.9 Å². The second kappa shape index (κ2) is 6.02. The zero-order valence-electron chi connectivity index (χ0n) is 12.4. The Hall–Kier alpha value is -0.0800. The highest BCUT2D eigenvalue weighted by molar-refractivity contribution is 4.85. The maximum Gasteiger partial charge on any atom is 0.0113 e. The lowest BCUT2D eigenvalue weighted by Gasteiger charge is -2.41. The second-order valence-electron chi connectivity index (χ2n) is 6.37. The molecule has 0 rings (SSSR count). The first-order chi connectivity index (χ1) is 7.22. The summed E-state index contributed by atoms with van der Waals surface area (Å²) in [5.74, 6) is 0. The minimum atomic E-state index is 0.300. The largest absolute Gasteiger partial charge is 0.330 e. The third-order valence-electron chi connectivity index (χ3n) is 4.43. The molecule has 98 valence electrons. The zero-order chi connectivity index (χ0) is 13.0. The van der Waals surface area contributed by atoms with E-state index in [2.05, 4.69) is 53.5 Å². The van der Waals surface area contributed by atoms with E-state index in [4.69, 9.17) is 5.73 Å². The van der Waals surface area contributed by atoms with Gasteiger partial charge in [-0.3, -0.25) is 0 Å². The highest BCUT2D eigenvalue weighted by atomic mass is 15.1. The molecule has 0 fully saturated rings. The molecule has 0 bridgehead atoms. The summed E-state index contributed by atoms with van der Waals surface area (Å²) in [5, 5.41) is 0. The van der Waals surface area contributed by atoms with Gasteiger partial charge in [-0.1, -0.05) is 34.6 Å². The van der Waals surface area contributed by atoms with Gasteiger partial charge in [0.15, 0.2) is 0 Å². The fourth-order valence-electron chi connectivity index (χ4n) is 2.15. The Bertz CT molecular complexity index is 181. The SMILES string of the molecule is CCC(CC)(CN)CN(C)C(C)C(C)(C)C. The van der Waals surface area contributed by atoms with Gasteiger partial charge in [-0.15, -0.1) is 0 Å². The van der Waals surface area contributed by atoms with Crippen LogP contribution in [0.5, 0.6) is 0 Å². The van der Waals surface area contributed by atoms with E-state index >= 15 is 0 Å². The van der Waals surface area contributed by atoms with E-state index < -0.39 is 0 Å². The molecule has 0 aromatic heterocycles. The summed E-state index contributed by atoms with van der Waals surface area (Å²) in [6, 6.07) is 0.580. The molecule has 16 heavy (non-hydrogen) atoms. The van der Waals surface area contributed by atoms with Crippen LogP contribution in [0.25, 0.3) is 0 Å². The Labute approximate surface area is 103 Å². The summed E-state index contributed by atoms with van der Waals surface area (Å²) >= 11 is 0. The molecule has 0 spiro atoms. The van der Waals surface area contributed by atoms with Crippen LogP contribution in [-0.2, 0) is 0 Å². The van der Waals surface area contributed by atoms with Crippen molar-refractivity contribution >= 4 is 0 Å². The van der Waals surface area contributed by atoms with Crippen molar-refractivity contribution < 1.29 is 0 Å². The molecule has 0 aliphatic rings. The van der Waals surface area contributed by atoms with Crippen LogP contribution in [0.2, 0.25) is 0 Å². The molecule has 0 saturated carbocycles. The van der Waals surface area contributed by atoms with E-state index in [0.717, 1.165) is 13.1 Å². The van der Waals surface area contributed by atoms with E-state index in [1.807, 2.05) is 0 Å². The van der Waals surface area contributed by atoms with Crippen molar-refractivity contribution in [3.8, 4) is 0 Å². The van der Waals surface area contributed by atoms with Crippen molar-refractivity contribution in [1.82, 2.24) is 4.90 Å². The standard InChI is InChI=1S/C14H32N2/c1-8-14(9-2,10-15)11-16(7)12(3)13(4,5)6/h12H,8-11,15H2,1-7H3. The molecule has 0 heterocycles. The molecule has 2 heteroatoms. The molecule has 1 unspecified atom stereocenters. The number of nitrogens with two attached hydrogens (primary N) is 1. The average molecular weight is 228 g/mol. The minimum absolute atomic E-state index is 0.300. The molecule has 2 nitrogen and oxygen atoms in total. The van der Waals surface area contributed by atoms with Gasteiger partial charge in [-0.2, -0.15) is 0 Å². The van der Waals surface area contributed by atoms with Crippen molar-refractivity contribution in [2.45, 2.75) is 60.4 Å². The predicted octanol–water partition coefficient (Wildman–Crippen LogP) is 3.12. The molecule has 0 aliphatic carbocycles. The quantitative estimate of drug-likeness (QED) is 0.757. The van der Waals surface area contributed by atoms with Crippen molar-refractivity contribution in [3.05, 3.63) is 0 Å². The second-order valence-corrected chi connectivity index (χ2v) is 6.37. The lowest BCUT2D eigenvalue weighted by Crippen LogP contribution is -2.47. The van der Waals surface area contributed by atoms with E-state index in [1.165, 1.54) is 12.8 Å². The monoisotopic (exact) mass is 228 g/mol. The molecule has 0 aliphatic heterocycles. The molecular formula is C14H32N2. The van der Waals surface area contributed by atoms with Crippen LogP contribution in [-0.4, -0.2) is 31.1 Å². The smallest absolute Gasteiger partial charge is 0.0113 e. The molecule has 0 aromatic carbocycles. The van der Waals surface area contributed by atoms with Crippen molar-refractivity contribution in [2.75, 3.05) is 20.1 Å². The van der Waals surface area contributed by atoms with Crippen LogP contribution in [0.1, 0.15) is 54.4 Å². The number of hydrogen-bond donors (Lipinski definition) is 1. The summed E-state index contributed by atoms with van der Waals surface area (Å²) in [6.45, 7) is 15.6. The topological polar surface area (TPSA) is 29.3 Å². The normalized spacial score (nSPS) is 15.6. The lowest BCUT2D eigenvalue weighted by molar-refractivity contribution is 0.0820. The Balaban J connectivity index is 4.58. The first-order valence-corrected chi connectivity index (χ1v) is 6.62. The molecule has 2 N–H and O–H groups in total. The first-order valence-electron chi connectivity index (χ1n) is 6.62. The third-order valence-corrected chi connectivity index (χ3v) is 4.43. The maximum absolute atomic E-state index is 5.96. The highest BCUT2D eigenvalue weighted by Gasteiger charge is 2.31. The van der Waals surface area contributed by atoms with Gasteiger partial charge < -0.3 is 10.6 Å². The highest BCUT2D eigenvalue weighted by Crippen LogP contribution is 2.30. The van der Waals surface area contributed by atoms with Gasteiger partial charge in [0.1, 0.15) is 0 Å². The molecular weight excluding hydrogens is 196 g/mol. The van der Waals surface area contributed by atoms with Crippen LogP contribution in [0.15, 0.2) is 0 Å². The zero-order valence-corrected chi connectivity index (χ0v) is 12.4. The number of rotatable bonds is 6. The fourth-order valence-corrected chi connectivity index (χ4v) is 2.15. The predicted molar refractivity (Wildman–Crippen MR) is 73.6 cm³/mol. The first kappa shape index (κ1) is 15.9. The molecule has 0 aromatic rings. The van der Waals surface area contributed by atoms with Crippen LogP contribution >= 0.6 is 0 Å². The summed E-state index contributed by atoms with van der Waals surface area (Å²) in [7, 11) is 2.23. The molecule has 1 atom stereocenters. The minimum Gasteiger partial charge on any atom is -0.330 e. The van der Waals surface area contributed by atoms with Gasteiger partial charge >= 0.3 is 0 Å². The van der Waals surface area contributed by atoms with Gasteiger partial charge in [0.05, 0.1) is 0 Å². The van der Waals surface area contributed by atoms with Crippen molar-refractivity contribution in [1.29, 1.82) is 0 Å². The molecule has 0 saturated heterocycles. The summed E-state index contributed by atoms with van der Waals surface area (Å²) < 4.78 is 0. The van der Waals surface area contributed by atoms with Gasteiger partial charge in [0, 0.05) is 12.6 Å². The van der Waals surface area contributed by atoms with Crippen LogP contribution < -0.4 is 5.73 Å². The van der Waals surface area contributed by atoms with Gasteiger partial charge in [-0.05, 0) is 44.2 Å². The summed E-state index contributed by atoms with van der Waals surface area (Å²) in [4.78, 5) is 2.47. The Kier molecular flexibility index (Phi) is 5.99. The number of hydrogen-bond acceptors (Lipinski definition) is 2. The van der Waals surface area contributed by atoms with E-state index in [-0.39, 0.29) is 0 Å². The van der Waals surface area contributed by atoms with Crippen molar-refractivity contribution in [3.63, 3.8) is 0 Å². The Morgan fingerprint density at radius 3 is 1.81 bits per heavy atom. The van der Waals surface area contributed by atoms with Gasteiger partial charge in [0.2, 0.25) is 0 Å². The van der Waals surface area contributed by atoms with E-state index in [9.17, 15) is 0 Å². The Morgan fingerprint density at radius 2 is 1.56 bits per heavy atom. The maximum atomic E-state index is 5.96. The van der Waals surface area contributed by atoms with Gasteiger partial charge in [0.25, 0.3) is 0 Å². The van der Waals surface area contributed by atoms with Crippen LogP contribution in [0, 0.1) is 10.8 Å².